The summed E-state index contributed by atoms with van der Waals surface area (Å²) in [6.07, 6.45) is 8.09. The average Bonchev–Trinajstić information content (AvgIpc) is 4.01. The Morgan fingerprint density at radius 3 is 0.507 bits per heavy atom. The summed E-state index contributed by atoms with van der Waals surface area (Å²) in [5, 5.41) is 0. The molecule has 6 aromatic carbocycles. The van der Waals surface area contributed by atoms with Crippen LogP contribution in [0.5, 0.6) is 0 Å². The Labute approximate surface area is 680 Å². The molecule has 4 aliphatic rings. The summed E-state index contributed by atoms with van der Waals surface area (Å²) >= 11 is 0. The van der Waals surface area contributed by atoms with Gasteiger partial charge < -0.3 is 29.7 Å². The first-order valence-corrected chi connectivity index (χ1v) is 21.7. The van der Waals surface area contributed by atoms with Gasteiger partial charge >= 0.3 is 0 Å². The molecule has 0 bridgehead atoms. The van der Waals surface area contributed by atoms with Crippen molar-refractivity contribution in [3.8, 4) is 44.5 Å². The van der Waals surface area contributed by atoms with E-state index in [-0.39, 0.29) is 357 Å². The third-order valence-electron chi connectivity index (χ3n) is 9.43. The van der Waals surface area contributed by atoms with E-state index < -0.39 is 0 Å². The molecule has 4 aliphatic carbocycles. The molecule has 6 aromatic rings. The van der Waals surface area contributed by atoms with Crippen molar-refractivity contribution in [1.82, 2.24) is 0 Å². The number of fused-ring (bicyclic) bond motifs is 14. The van der Waals surface area contributed by atoms with Gasteiger partial charge in [0, 0.05) is 327 Å². The van der Waals surface area contributed by atoms with Gasteiger partial charge in [-0.05, 0) is 115 Å². The Morgan fingerprint density at radius 1 is 0.232 bits per heavy atom. The van der Waals surface area contributed by atoms with Gasteiger partial charge in [0.05, 0.1) is 0 Å². The molecule has 0 heterocycles. The Balaban J connectivity index is -0.0000000636. The summed E-state index contributed by atoms with van der Waals surface area (Å²) in [5.41, 5.74) is 23.6. The second-order valence-electron chi connectivity index (χ2n) is 13.7. The maximum atomic E-state index is 2.33. The van der Waals surface area contributed by atoms with Crippen LogP contribution in [0.2, 0.25) is 0 Å². The quantitative estimate of drug-likeness (QED) is 0.133. The minimum Gasteiger partial charge on any atom is -0.358 e. The van der Waals surface area contributed by atoms with Crippen LogP contribution in [-0.2, 0) is 353 Å². The van der Waals surface area contributed by atoms with E-state index in [1.807, 2.05) is 41.5 Å². The number of rotatable bonds is 0. The molecule has 0 fully saturated rings. The molecule has 0 amide bonds. The van der Waals surface area contributed by atoms with Gasteiger partial charge in [-0.15, -0.1) is 0 Å². The molecule has 0 spiro atoms. The van der Waals surface area contributed by atoms with Crippen molar-refractivity contribution in [3.05, 3.63) is 196 Å². The monoisotopic (exact) mass is 1680 g/mol. The van der Waals surface area contributed by atoms with Crippen LogP contribution in [0.4, 0.5) is 0 Å². The summed E-state index contributed by atoms with van der Waals surface area (Å²) in [6, 6.07) is 44.8. The zero-order valence-electron chi connectivity index (χ0n) is 46.3. The van der Waals surface area contributed by atoms with E-state index in [1.165, 1.54) is 108 Å². The second-order valence-corrected chi connectivity index (χ2v) is 13.7. The molecule has 0 nitrogen and oxygen atoms in total. The molecule has 69 heavy (non-hydrogen) atoms. The van der Waals surface area contributed by atoms with Crippen molar-refractivity contribution in [2.75, 3.05) is 0 Å². The zero-order chi connectivity index (χ0) is 40.3. The van der Waals surface area contributed by atoms with Gasteiger partial charge in [0.25, 0.3) is 0 Å². The molecular weight excluding hydrogens is 1600 g/mol. The van der Waals surface area contributed by atoms with Crippen molar-refractivity contribution < 1.29 is 327 Å². The maximum absolute atomic E-state index is 2.33. The van der Waals surface area contributed by atoms with Crippen molar-refractivity contribution in [3.63, 3.8) is 0 Å². The number of hydrogen-bond donors (Lipinski definition) is 0. The van der Waals surface area contributed by atoms with E-state index in [9.17, 15) is 0 Å². The Morgan fingerprint density at radius 2 is 0.362 bits per heavy atom. The molecule has 0 atom stereocenters. The molecular formula is C59H82Y10-4. The number of benzene rings is 6. The van der Waals surface area contributed by atoms with Crippen LogP contribution >= 0.6 is 0 Å². The summed E-state index contributed by atoms with van der Waals surface area (Å²) in [6.45, 7) is 24.8. The van der Waals surface area contributed by atoms with E-state index in [1.54, 1.807) is 0 Å². The summed E-state index contributed by atoms with van der Waals surface area (Å²) in [7, 11) is 0. The normalized spacial score (nSPS) is 8.93. The van der Waals surface area contributed by atoms with Gasteiger partial charge in [-0.3, -0.25) is 0 Å². The molecule has 0 saturated heterocycles. The van der Waals surface area contributed by atoms with Gasteiger partial charge in [-0.25, -0.2) is 0 Å². The molecule has 352 valence electrons. The van der Waals surface area contributed by atoms with Gasteiger partial charge in [0.1, 0.15) is 0 Å². The van der Waals surface area contributed by atoms with Crippen molar-refractivity contribution in [1.29, 1.82) is 0 Å². The fourth-order valence-electron chi connectivity index (χ4n) is 7.69. The number of hydrogen-bond acceptors (Lipinski definition) is 0. The van der Waals surface area contributed by atoms with Crippen LogP contribution in [0.3, 0.4) is 0 Å². The molecule has 10 rings (SSSR count). The van der Waals surface area contributed by atoms with E-state index in [0.29, 0.717) is 0 Å². The smallest absolute Gasteiger partial charge is 0 e. The Bertz CT molecular complexity index is 1800. The van der Waals surface area contributed by atoms with E-state index in [2.05, 4.69) is 163 Å². The van der Waals surface area contributed by atoms with Crippen molar-refractivity contribution in [2.45, 2.75) is 128 Å². The largest absolute Gasteiger partial charge is 0.358 e. The van der Waals surface area contributed by atoms with Gasteiger partial charge in [-0.2, -0.15) is 0 Å². The second kappa shape index (κ2) is 60.5. The van der Waals surface area contributed by atoms with Crippen molar-refractivity contribution in [2.24, 2.45) is 0 Å². The maximum Gasteiger partial charge on any atom is 0 e. The van der Waals surface area contributed by atoms with Crippen LogP contribution < -0.4 is 0 Å². The Hall–Kier alpha value is 6.36. The van der Waals surface area contributed by atoms with E-state index in [0.717, 1.165) is 25.7 Å². The third kappa shape index (κ3) is 28.8. The summed E-state index contributed by atoms with van der Waals surface area (Å²) in [4.78, 5) is 0. The molecule has 0 N–H and O–H groups in total. The molecule has 0 aromatic heterocycles. The van der Waals surface area contributed by atoms with Gasteiger partial charge in [0.2, 0.25) is 0 Å². The minimum atomic E-state index is 0. The molecule has 0 unspecified atom stereocenters. The third-order valence-corrected chi connectivity index (χ3v) is 9.43. The van der Waals surface area contributed by atoms with Crippen LogP contribution in [0.1, 0.15) is 147 Å². The topological polar surface area (TPSA) is 0 Å². The minimum absolute atomic E-state index is 0. The first kappa shape index (κ1) is 104. The van der Waals surface area contributed by atoms with Crippen molar-refractivity contribution >= 4 is 0 Å². The molecule has 0 aliphatic heterocycles. The molecule has 10 radical (unpaired) electrons. The summed E-state index contributed by atoms with van der Waals surface area (Å²) < 4.78 is 0. The van der Waals surface area contributed by atoms with Crippen LogP contribution in [0.15, 0.2) is 121 Å². The predicted octanol–water partition coefficient (Wildman–Crippen LogP) is 18.8. The fraction of sp³-hybridized carbons (Fsp3) is 0.322. The van der Waals surface area contributed by atoms with Gasteiger partial charge in [0.15, 0.2) is 0 Å². The fourth-order valence-corrected chi connectivity index (χ4v) is 7.69. The zero-order valence-corrected chi connectivity index (χ0v) is 74.7. The van der Waals surface area contributed by atoms with E-state index >= 15 is 0 Å². The Kier molecular flexibility index (Phi) is 90.9. The SMILES string of the molecule is CC.CC.CC.CCC.CCC.CCC.[CH3-].[CH3-].[CH3-].[CH3-].[Y].[Y].[Y].[Y].[Y].[Y].[Y].[Y].[Y].[Y].c1ccc2c(c1)Cc1ccc3c(c1-2)-c1ccccc1C3.c1ccc2c(c1)Cc1ccc3c(c1-2)-c1ccccc1C3. The molecule has 0 saturated carbocycles. The van der Waals surface area contributed by atoms with Crippen LogP contribution in [-0.4, -0.2) is 0 Å². The first-order valence-electron chi connectivity index (χ1n) is 21.7. The first-order chi connectivity index (χ1) is 27.1. The summed E-state index contributed by atoms with van der Waals surface area (Å²) in [5.74, 6) is 0. The predicted molar refractivity (Wildman–Crippen MR) is 273 cm³/mol. The standard InChI is InChI=1S/2C20H14.3C3H8.3C2H6.4CH3.10Y/c2*1-3-7-17-13(5-1)11-15-9-10-16-12-14-6-2-4-8-18(14)20(16)19(15)17;3*1-3-2;3*1-2;;;;;;;;;;;;;;/h2*1-10H,11-12H2;3*3H2,1-2H3;3*1-2H3;4*1H3;;;;;;;;;;/q;;;;;;;;4*-1;;;;;;;;;;. The van der Waals surface area contributed by atoms with Crippen LogP contribution in [0, 0.1) is 29.7 Å². The van der Waals surface area contributed by atoms with Crippen LogP contribution in [0.25, 0.3) is 44.5 Å². The van der Waals surface area contributed by atoms with E-state index in [4.69, 9.17) is 0 Å². The average molecular weight is 1680 g/mol. The molecule has 10 heteroatoms. The van der Waals surface area contributed by atoms with Gasteiger partial charge in [-0.1, -0.05) is 224 Å².